The molecule has 184 valence electrons. The highest BCUT2D eigenvalue weighted by atomic mass is 16.5. The van der Waals surface area contributed by atoms with Gasteiger partial charge in [0.1, 0.15) is 5.75 Å². The molecule has 2 heterocycles. The maximum absolute atomic E-state index is 12.7. The van der Waals surface area contributed by atoms with E-state index >= 15 is 0 Å². The molecule has 3 N–H and O–H groups in total. The third kappa shape index (κ3) is 5.35. The number of nitrogens with zero attached hydrogens (tertiary/aromatic N) is 5. The molecular weight excluding hydrogens is 472 g/mol. The van der Waals surface area contributed by atoms with Crippen LogP contribution in [-0.4, -0.2) is 49.3 Å². The number of carbonyl (C=O) groups is 2. The summed E-state index contributed by atoms with van der Waals surface area (Å²) >= 11 is 0. The number of methoxy groups -OCH3 is 1. The minimum absolute atomic E-state index is 0.288. The molecule has 2 aromatic heterocycles. The maximum atomic E-state index is 12.7. The average molecular weight is 495 g/mol. The molecule has 5 rings (SSSR count). The van der Waals surface area contributed by atoms with Crippen LogP contribution in [0.1, 0.15) is 26.3 Å². The molecule has 11 nitrogen and oxygen atoms in total. The summed E-state index contributed by atoms with van der Waals surface area (Å²) in [5.74, 6) is 0.276. The van der Waals surface area contributed by atoms with Crippen LogP contribution >= 0.6 is 0 Å². The summed E-state index contributed by atoms with van der Waals surface area (Å²) < 4.78 is 5.16. The van der Waals surface area contributed by atoms with E-state index in [2.05, 4.69) is 36.5 Å². The molecule has 0 aliphatic heterocycles. The van der Waals surface area contributed by atoms with Gasteiger partial charge in [0, 0.05) is 16.7 Å². The lowest BCUT2D eigenvalue weighted by atomic mass is 10.1. The van der Waals surface area contributed by atoms with Crippen LogP contribution in [-0.2, 0) is 6.54 Å². The third-order valence-electron chi connectivity index (χ3n) is 5.58. The van der Waals surface area contributed by atoms with Crippen molar-refractivity contribution in [3.8, 4) is 28.4 Å². The van der Waals surface area contributed by atoms with Crippen molar-refractivity contribution in [3.63, 3.8) is 0 Å². The van der Waals surface area contributed by atoms with Crippen molar-refractivity contribution in [1.29, 1.82) is 0 Å². The molecule has 0 fully saturated rings. The molecule has 2 amide bonds. The number of tetrazole rings is 1. The van der Waals surface area contributed by atoms with E-state index in [9.17, 15) is 9.59 Å². The summed E-state index contributed by atoms with van der Waals surface area (Å²) in [6.07, 6.45) is 1.40. The summed E-state index contributed by atoms with van der Waals surface area (Å²) in [7, 11) is 1.58. The number of aromatic nitrogens is 6. The quantitative estimate of drug-likeness (QED) is 0.296. The summed E-state index contributed by atoms with van der Waals surface area (Å²) in [4.78, 5) is 26.7. The molecule has 0 spiro atoms. The lowest BCUT2D eigenvalue weighted by Gasteiger charge is -2.09. The molecule has 3 aromatic carbocycles. The van der Waals surface area contributed by atoms with Crippen LogP contribution in [0.4, 0.5) is 0 Å². The topological polar surface area (TPSA) is 140 Å². The first-order valence-electron chi connectivity index (χ1n) is 11.3. The van der Waals surface area contributed by atoms with Crippen molar-refractivity contribution in [3.05, 3.63) is 102 Å². The number of amides is 2. The Hall–Kier alpha value is -5.32. The van der Waals surface area contributed by atoms with E-state index in [1.807, 2.05) is 30.3 Å². The molecule has 0 aliphatic rings. The lowest BCUT2D eigenvalue weighted by Crippen LogP contribution is -2.41. The van der Waals surface area contributed by atoms with Crippen molar-refractivity contribution in [2.75, 3.05) is 7.11 Å². The van der Waals surface area contributed by atoms with E-state index in [0.717, 1.165) is 16.7 Å². The number of hydrogen-bond acceptors (Lipinski definition) is 7. The Morgan fingerprint density at radius 2 is 1.62 bits per heavy atom. The first-order valence-corrected chi connectivity index (χ1v) is 11.3. The Morgan fingerprint density at radius 3 is 2.35 bits per heavy atom. The van der Waals surface area contributed by atoms with Gasteiger partial charge in [0.25, 0.3) is 11.8 Å². The number of nitrogens with one attached hydrogen (secondary N) is 3. The molecule has 0 saturated carbocycles. The van der Waals surface area contributed by atoms with E-state index in [-0.39, 0.29) is 5.56 Å². The second-order valence-corrected chi connectivity index (χ2v) is 8.00. The standard InChI is InChI=1S/C26H22N8O3/c1-37-21-13-11-18(12-14-21)23-22(15-27-28-23)26(36)31-30-25(35)20-9-7-17(8-10-20)16-34-32-24(29-33-34)19-5-3-2-4-6-19/h2-15H,16H2,1H3,(H,27,28)(H,30,35)(H,31,36). The molecule has 0 atom stereocenters. The zero-order chi connectivity index (χ0) is 25.6. The first-order chi connectivity index (χ1) is 18.1. The monoisotopic (exact) mass is 494 g/mol. The van der Waals surface area contributed by atoms with Gasteiger partial charge < -0.3 is 4.74 Å². The Bertz CT molecular complexity index is 1510. The number of H-pyrrole nitrogens is 1. The Morgan fingerprint density at radius 1 is 0.892 bits per heavy atom. The van der Waals surface area contributed by atoms with Crippen molar-refractivity contribution < 1.29 is 14.3 Å². The van der Waals surface area contributed by atoms with Crippen molar-refractivity contribution in [2.45, 2.75) is 6.54 Å². The number of hydrazine groups is 1. The Kier molecular flexibility index (Phi) is 6.66. The number of rotatable bonds is 7. The van der Waals surface area contributed by atoms with Gasteiger partial charge in [-0.15, -0.1) is 10.2 Å². The van der Waals surface area contributed by atoms with Crippen molar-refractivity contribution in [2.24, 2.45) is 0 Å². The average Bonchev–Trinajstić information content (AvgIpc) is 3.63. The van der Waals surface area contributed by atoms with Crippen molar-refractivity contribution in [1.82, 2.24) is 41.3 Å². The van der Waals surface area contributed by atoms with Gasteiger partial charge in [-0.2, -0.15) is 9.90 Å². The van der Waals surface area contributed by atoms with Gasteiger partial charge in [0.15, 0.2) is 0 Å². The molecule has 37 heavy (non-hydrogen) atoms. The largest absolute Gasteiger partial charge is 0.497 e. The minimum atomic E-state index is -0.504. The van der Waals surface area contributed by atoms with Gasteiger partial charge >= 0.3 is 0 Å². The van der Waals surface area contributed by atoms with Crippen LogP contribution in [0.15, 0.2) is 85.1 Å². The molecule has 11 heteroatoms. The fraction of sp³-hybridized carbons (Fsp3) is 0.0769. The predicted octanol–water partition coefficient (Wildman–Crippen LogP) is 2.86. The van der Waals surface area contributed by atoms with E-state index in [4.69, 9.17) is 4.74 Å². The highest BCUT2D eigenvalue weighted by Crippen LogP contribution is 2.23. The van der Waals surface area contributed by atoms with E-state index < -0.39 is 11.8 Å². The van der Waals surface area contributed by atoms with E-state index in [1.54, 1.807) is 55.6 Å². The third-order valence-corrected chi connectivity index (χ3v) is 5.58. The smallest absolute Gasteiger partial charge is 0.273 e. The van der Waals surface area contributed by atoms with Crippen LogP contribution in [0.2, 0.25) is 0 Å². The highest BCUT2D eigenvalue weighted by molar-refractivity contribution is 6.02. The molecule has 0 saturated heterocycles. The SMILES string of the molecule is COc1ccc(-c2[nH]ncc2C(=O)NNC(=O)c2ccc(Cn3nnc(-c4ccccc4)n3)cc2)cc1. The number of ether oxygens (including phenoxy) is 1. The fourth-order valence-corrected chi connectivity index (χ4v) is 3.63. The van der Waals surface area contributed by atoms with Crippen LogP contribution < -0.4 is 15.6 Å². The number of hydrogen-bond donors (Lipinski definition) is 3. The van der Waals surface area contributed by atoms with Gasteiger partial charge in [-0.05, 0) is 47.2 Å². The molecule has 0 bridgehead atoms. The summed E-state index contributed by atoms with van der Waals surface area (Å²) in [5, 5.41) is 19.4. The predicted molar refractivity (Wildman–Crippen MR) is 134 cm³/mol. The summed E-state index contributed by atoms with van der Waals surface area (Å²) in [5.41, 5.74) is 8.58. The second kappa shape index (κ2) is 10.5. The zero-order valence-corrected chi connectivity index (χ0v) is 19.8. The highest BCUT2D eigenvalue weighted by Gasteiger charge is 2.16. The fourth-order valence-electron chi connectivity index (χ4n) is 3.63. The zero-order valence-electron chi connectivity index (χ0n) is 19.8. The molecule has 0 aliphatic carbocycles. The van der Waals surface area contributed by atoms with Crippen LogP contribution in [0.3, 0.4) is 0 Å². The number of benzene rings is 3. The lowest BCUT2D eigenvalue weighted by molar-refractivity contribution is 0.0847. The number of aromatic amines is 1. The van der Waals surface area contributed by atoms with Crippen LogP contribution in [0.25, 0.3) is 22.6 Å². The van der Waals surface area contributed by atoms with Gasteiger partial charge in [0.2, 0.25) is 5.82 Å². The van der Waals surface area contributed by atoms with Crippen LogP contribution in [0.5, 0.6) is 5.75 Å². The van der Waals surface area contributed by atoms with Crippen molar-refractivity contribution >= 4 is 11.8 Å². The Balaban J connectivity index is 1.18. The first kappa shape index (κ1) is 23.4. The van der Waals surface area contributed by atoms with Gasteiger partial charge in [0.05, 0.1) is 31.1 Å². The molecule has 5 aromatic rings. The Labute approximate surface area is 211 Å². The van der Waals surface area contributed by atoms with Gasteiger partial charge in [-0.25, -0.2) is 0 Å². The minimum Gasteiger partial charge on any atom is -0.497 e. The van der Waals surface area contributed by atoms with E-state index in [1.165, 1.54) is 11.0 Å². The van der Waals surface area contributed by atoms with Gasteiger partial charge in [-0.3, -0.25) is 25.5 Å². The summed E-state index contributed by atoms with van der Waals surface area (Å²) in [6, 6.07) is 23.7. The second-order valence-electron chi connectivity index (χ2n) is 8.00. The van der Waals surface area contributed by atoms with Crippen LogP contribution in [0, 0.1) is 0 Å². The van der Waals surface area contributed by atoms with Gasteiger partial charge in [-0.1, -0.05) is 42.5 Å². The van der Waals surface area contributed by atoms with E-state index in [0.29, 0.717) is 29.4 Å². The molecule has 0 radical (unpaired) electrons. The number of carbonyl (C=O) groups excluding carboxylic acids is 2. The normalized spacial score (nSPS) is 10.6. The maximum Gasteiger partial charge on any atom is 0.273 e. The summed E-state index contributed by atoms with van der Waals surface area (Å²) in [6.45, 7) is 0.396. The molecule has 0 unspecified atom stereocenters. The molecular formula is C26H22N8O3.